The third-order valence-electron chi connectivity index (χ3n) is 3.02. The van der Waals surface area contributed by atoms with Gasteiger partial charge in [0.25, 0.3) is 0 Å². The molecular weight excluding hydrogens is 236 g/mol. The molecular formula is C15H20N4. The lowest BCUT2D eigenvalue weighted by molar-refractivity contribution is 0.330. The highest BCUT2D eigenvalue weighted by molar-refractivity contribution is 5.16. The van der Waals surface area contributed by atoms with Crippen LogP contribution in [0, 0.1) is 0 Å². The molecule has 4 nitrogen and oxygen atoms in total. The highest BCUT2D eigenvalue weighted by atomic mass is 15.1. The van der Waals surface area contributed by atoms with E-state index in [2.05, 4.69) is 34.0 Å². The molecule has 0 aliphatic carbocycles. The summed E-state index contributed by atoms with van der Waals surface area (Å²) in [6, 6.07) is 10.1. The molecule has 0 aliphatic heterocycles. The van der Waals surface area contributed by atoms with Crippen molar-refractivity contribution in [2.24, 2.45) is 5.73 Å². The Kier molecular flexibility index (Phi) is 5.01. The summed E-state index contributed by atoms with van der Waals surface area (Å²) in [6.07, 6.45) is 4.63. The van der Waals surface area contributed by atoms with Crippen molar-refractivity contribution in [2.45, 2.75) is 19.5 Å². The molecule has 0 atom stereocenters. The number of aromatic nitrogens is 2. The molecule has 4 heteroatoms. The van der Waals surface area contributed by atoms with Gasteiger partial charge in [-0.15, -0.1) is 0 Å². The van der Waals surface area contributed by atoms with Crippen LogP contribution < -0.4 is 5.73 Å². The first kappa shape index (κ1) is 13.6. The van der Waals surface area contributed by atoms with E-state index in [9.17, 15) is 0 Å². The Morgan fingerprint density at radius 2 is 1.95 bits per heavy atom. The van der Waals surface area contributed by atoms with E-state index in [4.69, 9.17) is 5.73 Å². The molecule has 0 radical (unpaired) electrons. The molecule has 2 rings (SSSR count). The van der Waals surface area contributed by atoms with Crippen molar-refractivity contribution in [1.29, 1.82) is 0 Å². The maximum atomic E-state index is 5.60. The molecule has 0 saturated carbocycles. The highest BCUT2D eigenvalue weighted by Gasteiger charge is 2.02. The molecule has 0 fully saturated rings. The van der Waals surface area contributed by atoms with Gasteiger partial charge in [-0.2, -0.15) is 0 Å². The Bertz CT molecular complexity index is 499. The van der Waals surface area contributed by atoms with Crippen LogP contribution in [0.5, 0.6) is 0 Å². The zero-order valence-corrected chi connectivity index (χ0v) is 11.3. The number of nitrogens with zero attached hydrogens (tertiary/aromatic N) is 3. The van der Waals surface area contributed by atoms with Crippen molar-refractivity contribution >= 4 is 0 Å². The lowest BCUT2D eigenvalue weighted by Gasteiger charge is -2.16. The second kappa shape index (κ2) is 6.97. The molecule has 0 amide bonds. The molecule has 0 bridgehead atoms. The van der Waals surface area contributed by atoms with Crippen LogP contribution in [0.1, 0.15) is 17.0 Å². The summed E-state index contributed by atoms with van der Waals surface area (Å²) in [5, 5.41) is 0. The Morgan fingerprint density at radius 1 is 1.11 bits per heavy atom. The number of rotatable bonds is 6. The van der Waals surface area contributed by atoms with Gasteiger partial charge in [-0.25, -0.2) is 0 Å². The fourth-order valence-corrected chi connectivity index (χ4v) is 1.98. The van der Waals surface area contributed by atoms with E-state index in [1.807, 2.05) is 30.6 Å². The van der Waals surface area contributed by atoms with E-state index >= 15 is 0 Å². The first-order valence-electron chi connectivity index (χ1n) is 6.50. The van der Waals surface area contributed by atoms with E-state index < -0.39 is 0 Å². The maximum Gasteiger partial charge on any atom is 0.0542 e. The quantitative estimate of drug-likeness (QED) is 0.853. The average molecular weight is 256 g/mol. The second-order valence-corrected chi connectivity index (χ2v) is 4.67. The van der Waals surface area contributed by atoms with Gasteiger partial charge in [0, 0.05) is 44.1 Å². The molecule has 19 heavy (non-hydrogen) atoms. The van der Waals surface area contributed by atoms with E-state index in [0.717, 1.165) is 30.9 Å². The molecule has 2 heterocycles. The first-order valence-corrected chi connectivity index (χ1v) is 6.50. The molecule has 2 N–H and O–H groups in total. The number of pyridine rings is 2. The first-order chi connectivity index (χ1) is 9.28. The fourth-order valence-electron chi connectivity index (χ4n) is 1.98. The van der Waals surface area contributed by atoms with Gasteiger partial charge < -0.3 is 10.6 Å². The predicted molar refractivity (Wildman–Crippen MR) is 76.4 cm³/mol. The highest BCUT2D eigenvalue weighted by Crippen LogP contribution is 2.05. The summed E-state index contributed by atoms with van der Waals surface area (Å²) < 4.78 is 0. The Morgan fingerprint density at radius 3 is 2.68 bits per heavy atom. The summed E-state index contributed by atoms with van der Waals surface area (Å²) in [5.74, 6) is 0. The van der Waals surface area contributed by atoms with Gasteiger partial charge >= 0.3 is 0 Å². The minimum atomic E-state index is 0.492. The molecule has 0 unspecified atom stereocenters. The van der Waals surface area contributed by atoms with Crippen molar-refractivity contribution in [1.82, 2.24) is 14.9 Å². The number of nitrogens with two attached hydrogens (primary N) is 1. The summed E-state index contributed by atoms with van der Waals surface area (Å²) in [7, 11) is 2.12. The van der Waals surface area contributed by atoms with Gasteiger partial charge in [-0.1, -0.05) is 6.07 Å². The normalized spacial score (nSPS) is 10.9. The largest absolute Gasteiger partial charge is 0.325 e. The predicted octanol–water partition coefficient (Wildman–Crippen LogP) is 1.61. The standard InChI is InChI=1S/C15H20N4/c1-19(9-6-14-4-2-3-7-17-14)12-13-5-8-18-15(10-13)11-16/h2-5,7-8,10H,6,9,11-12,16H2,1H3. The monoisotopic (exact) mass is 256 g/mol. The molecule has 2 aromatic heterocycles. The van der Waals surface area contributed by atoms with Crippen molar-refractivity contribution in [3.05, 3.63) is 59.7 Å². The van der Waals surface area contributed by atoms with Crippen LogP contribution >= 0.6 is 0 Å². The molecule has 100 valence electrons. The zero-order valence-electron chi connectivity index (χ0n) is 11.3. The minimum absolute atomic E-state index is 0.492. The number of likely N-dealkylation sites (N-methyl/N-ethyl adjacent to an activating group) is 1. The summed E-state index contributed by atoms with van der Waals surface area (Å²) in [4.78, 5) is 10.8. The van der Waals surface area contributed by atoms with E-state index in [1.54, 1.807) is 0 Å². The van der Waals surface area contributed by atoms with Gasteiger partial charge in [0.2, 0.25) is 0 Å². The average Bonchev–Trinajstić information content (AvgIpc) is 2.46. The lowest BCUT2D eigenvalue weighted by Crippen LogP contribution is -2.21. The Balaban J connectivity index is 1.85. The van der Waals surface area contributed by atoms with Crippen molar-refractivity contribution in [3.63, 3.8) is 0 Å². The molecule has 0 spiro atoms. The van der Waals surface area contributed by atoms with E-state index in [0.29, 0.717) is 6.54 Å². The third kappa shape index (κ3) is 4.43. The summed E-state index contributed by atoms with van der Waals surface area (Å²) in [6.45, 7) is 2.38. The Labute approximate surface area is 114 Å². The van der Waals surface area contributed by atoms with Crippen molar-refractivity contribution in [2.75, 3.05) is 13.6 Å². The molecule has 0 aliphatic rings. The van der Waals surface area contributed by atoms with Crippen LogP contribution in [0.25, 0.3) is 0 Å². The second-order valence-electron chi connectivity index (χ2n) is 4.67. The van der Waals surface area contributed by atoms with E-state index in [-0.39, 0.29) is 0 Å². The smallest absolute Gasteiger partial charge is 0.0542 e. The van der Waals surface area contributed by atoms with Crippen LogP contribution in [0.2, 0.25) is 0 Å². The van der Waals surface area contributed by atoms with Crippen LogP contribution in [-0.2, 0) is 19.5 Å². The Hall–Kier alpha value is -1.78. The van der Waals surface area contributed by atoms with E-state index in [1.165, 1.54) is 5.56 Å². The van der Waals surface area contributed by atoms with Crippen LogP contribution in [-0.4, -0.2) is 28.5 Å². The lowest BCUT2D eigenvalue weighted by atomic mass is 10.2. The number of hydrogen-bond acceptors (Lipinski definition) is 4. The third-order valence-corrected chi connectivity index (χ3v) is 3.02. The van der Waals surface area contributed by atoms with Gasteiger partial charge in [-0.3, -0.25) is 9.97 Å². The van der Waals surface area contributed by atoms with Crippen molar-refractivity contribution < 1.29 is 0 Å². The SMILES string of the molecule is CN(CCc1ccccn1)Cc1ccnc(CN)c1. The molecule has 0 aromatic carbocycles. The molecule has 0 saturated heterocycles. The van der Waals surface area contributed by atoms with Gasteiger partial charge in [-0.05, 0) is 36.9 Å². The van der Waals surface area contributed by atoms with Crippen molar-refractivity contribution in [3.8, 4) is 0 Å². The number of hydrogen-bond donors (Lipinski definition) is 1. The minimum Gasteiger partial charge on any atom is -0.325 e. The topological polar surface area (TPSA) is 55.0 Å². The fraction of sp³-hybridized carbons (Fsp3) is 0.333. The maximum absolute atomic E-state index is 5.60. The summed E-state index contributed by atoms with van der Waals surface area (Å²) in [5.41, 5.74) is 8.92. The summed E-state index contributed by atoms with van der Waals surface area (Å²) >= 11 is 0. The van der Waals surface area contributed by atoms with Gasteiger partial charge in [0.05, 0.1) is 5.69 Å². The molecule has 2 aromatic rings. The zero-order chi connectivity index (χ0) is 13.5. The van der Waals surface area contributed by atoms with Crippen LogP contribution in [0.15, 0.2) is 42.7 Å². The van der Waals surface area contributed by atoms with Gasteiger partial charge in [0.15, 0.2) is 0 Å². The van der Waals surface area contributed by atoms with Crippen LogP contribution in [0.4, 0.5) is 0 Å². The van der Waals surface area contributed by atoms with Crippen LogP contribution in [0.3, 0.4) is 0 Å². The van der Waals surface area contributed by atoms with Gasteiger partial charge in [0.1, 0.15) is 0 Å².